The number of hydrogen-bond acceptors (Lipinski definition) is 3. The van der Waals surface area contributed by atoms with Gasteiger partial charge in [-0.15, -0.1) is 0 Å². The van der Waals surface area contributed by atoms with E-state index in [0.717, 1.165) is 38.3 Å². The molecule has 6 nitrogen and oxygen atoms in total. The van der Waals surface area contributed by atoms with Crippen molar-refractivity contribution in [2.45, 2.75) is 65.0 Å². The van der Waals surface area contributed by atoms with Crippen molar-refractivity contribution in [3.8, 4) is 0 Å². The average molecular weight is 346 g/mol. The quantitative estimate of drug-likeness (QED) is 0.843. The maximum absolute atomic E-state index is 12.9. The molecule has 0 saturated carbocycles. The molecule has 25 heavy (non-hydrogen) atoms. The van der Waals surface area contributed by atoms with Gasteiger partial charge in [0.25, 0.3) is 0 Å². The zero-order valence-corrected chi connectivity index (χ0v) is 15.9. The molecule has 3 heterocycles. The first-order valence-electron chi connectivity index (χ1n) is 9.41. The minimum absolute atomic E-state index is 0.103. The summed E-state index contributed by atoms with van der Waals surface area (Å²) in [5.41, 5.74) is -0.212. The molecule has 1 aromatic rings. The fraction of sp³-hybridized carbons (Fsp3) is 0.737. The van der Waals surface area contributed by atoms with Gasteiger partial charge in [0.1, 0.15) is 5.82 Å². The monoisotopic (exact) mass is 346 g/mol. The van der Waals surface area contributed by atoms with Gasteiger partial charge in [0.05, 0.1) is 5.92 Å². The normalized spacial score (nSPS) is 22.7. The number of hydrogen-bond donors (Lipinski definition) is 0. The summed E-state index contributed by atoms with van der Waals surface area (Å²) in [6.45, 7) is 11.2. The Bertz CT molecular complexity index is 638. The number of carbonyl (C=O) groups excluding carboxylic acids is 2. The van der Waals surface area contributed by atoms with Crippen LogP contribution in [-0.2, 0) is 16.1 Å². The summed E-state index contributed by atoms with van der Waals surface area (Å²) in [5, 5.41) is 0. The van der Waals surface area contributed by atoms with Crippen LogP contribution >= 0.6 is 0 Å². The van der Waals surface area contributed by atoms with Crippen molar-refractivity contribution in [3.63, 3.8) is 0 Å². The fourth-order valence-electron chi connectivity index (χ4n) is 4.09. The molecule has 2 aliphatic heterocycles. The van der Waals surface area contributed by atoms with Crippen molar-refractivity contribution < 1.29 is 9.59 Å². The van der Waals surface area contributed by atoms with Crippen molar-refractivity contribution >= 4 is 11.8 Å². The molecule has 0 unspecified atom stereocenters. The van der Waals surface area contributed by atoms with Gasteiger partial charge >= 0.3 is 0 Å². The molecule has 0 spiro atoms. The molecule has 6 heteroatoms. The van der Waals surface area contributed by atoms with Gasteiger partial charge in [-0.05, 0) is 40.5 Å². The van der Waals surface area contributed by atoms with Crippen molar-refractivity contribution in [2.75, 3.05) is 19.6 Å². The standard InChI is InChI=1S/C19H30N4O2/c1-5-21-11-8-20-17(21)14-6-9-22(10-7-14)18(25)15-12-16(24)23(13-15)19(2,3)4/h8,11,14-15H,5-7,9-10,12-13H2,1-4H3/t15-/m0/s1. The number of rotatable bonds is 3. The Hall–Kier alpha value is -1.85. The molecule has 1 atom stereocenters. The smallest absolute Gasteiger partial charge is 0.227 e. The predicted molar refractivity (Wildman–Crippen MR) is 96.0 cm³/mol. The van der Waals surface area contributed by atoms with Gasteiger partial charge in [0.15, 0.2) is 0 Å². The highest BCUT2D eigenvalue weighted by Crippen LogP contribution is 2.31. The van der Waals surface area contributed by atoms with Crippen molar-refractivity contribution in [1.82, 2.24) is 19.4 Å². The van der Waals surface area contributed by atoms with Gasteiger partial charge < -0.3 is 14.4 Å². The van der Waals surface area contributed by atoms with Gasteiger partial charge in [-0.25, -0.2) is 4.98 Å². The minimum Gasteiger partial charge on any atom is -0.342 e. The molecule has 2 amide bonds. The topological polar surface area (TPSA) is 58.4 Å². The summed E-state index contributed by atoms with van der Waals surface area (Å²) in [6, 6.07) is 0. The van der Waals surface area contributed by atoms with Gasteiger partial charge in [-0.3, -0.25) is 9.59 Å². The largest absolute Gasteiger partial charge is 0.342 e. The predicted octanol–water partition coefficient (Wildman–Crippen LogP) is 2.26. The fourth-order valence-corrected chi connectivity index (χ4v) is 4.09. The molecule has 2 fully saturated rings. The van der Waals surface area contributed by atoms with E-state index < -0.39 is 0 Å². The van der Waals surface area contributed by atoms with Gasteiger partial charge in [0, 0.05) is 56.5 Å². The molecule has 0 aliphatic carbocycles. The van der Waals surface area contributed by atoms with E-state index in [1.807, 2.05) is 43.0 Å². The lowest BCUT2D eigenvalue weighted by Crippen LogP contribution is -2.45. The Kier molecular flexibility index (Phi) is 4.89. The van der Waals surface area contributed by atoms with Crippen molar-refractivity contribution in [3.05, 3.63) is 18.2 Å². The van der Waals surface area contributed by atoms with E-state index in [2.05, 4.69) is 16.5 Å². The summed E-state index contributed by atoms with van der Waals surface area (Å²) in [7, 11) is 0. The molecule has 0 N–H and O–H groups in total. The number of likely N-dealkylation sites (tertiary alicyclic amines) is 2. The Morgan fingerprint density at radius 1 is 1.28 bits per heavy atom. The lowest BCUT2D eigenvalue weighted by molar-refractivity contribution is -0.136. The van der Waals surface area contributed by atoms with Gasteiger partial charge in [-0.2, -0.15) is 0 Å². The molecule has 0 aromatic carbocycles. The average Bonchev–Trinajstić information content (AvgIpc) is 3.20. The van der Waals surface area contributed by atoms with E-state index in [0.29, 0.717) is 18.9 Å². The minimum atomic E-state index is -0.212. The zero-order chi connectivity index (χ0) is 18.2. The number of carbonyl (C=O) groups is 2. The second-order valence-electron chi connectivity index (χ2n) is 8.25. The number of nitrogens with zero attached hydrogens (tertiary/aromatic N) is 4. The first kappa shape index (κ1) is 18.0. The van der Waals surface area contributed by atoms with Crippen LogP contribution in [0.25, 0.3) is 0 Å². The van der Waals surface area contributed by atoms with Gasteiger partial charge in [-0.1, -0.05) is 0 Å². The molecule has 1 aromatic heterocycles. The molecule has 0 bridgehead atoms. The molecule has 3 rings (SSSR count). The van der Waals surface area contributed by atoms with E-state index >= 15 is 0 Å². The zero-order valence-electron chi connectivity index (χ0n) is 15.9. The van der Waals surface area contributed by atoms with E-state index in [4.69, 9.17) is 0 Å². The van der Waals surface area contributed by atoms with Crippen LogP contribution in [0, 0.1) is 5.92 Å². The van der Waals surface area contributed by atoms with E-state index in [-0.39, 0.29) is 23.3 Å². The summed E-state index contributed by atoms with van der Waals surface area (Å²) >= 11 is 0. The maximum Gasteiger partial charge on any atom is 0.227 e. The van der Waals surface area contributed by atoms with Crippen LogP contribution in [0.15, 0.2) is 12.4 Å². The first-order valence-corrected chi connectivity index (χ1v) is 9.41. The van der Waals surface area contributed by atoms with Crippen molar-refractivity contribution in [1.29, 1.82) is 0 Å². The summed E-state index contributed by atoms with van der Waals surface area (Å²) < 4.78 is 2.19. The van der Waals surface area contributed by atoms with E-state index in [1.165, 1.54) is 0 Å². The molecule has 2 aliphatic rings. The van der Waals surface area contributed by atoms with E-state index in [1.54, 1.807) is 0 Å². The summed E-state index contributed by atoms with van der Waals surface area (Å²) in [4.78, 5) is 33.4. The third-order valence-corrected chi connectivity index (χ3v) is 5.54. The summed E-state index contributed by atoms with van der Waals surface area (Å²) in [6.07, 6.45) is 6.15. The van der Waals surface area contributed by atoms with Gasteiger partial charge in [0.2, 0.25) is 11.8 Å². The third kappa shape index (κ3) is 3.58. The maximum atomic E-state index is 12.9. The van der Waals surface area contributed by atoms with Crippen LogP contribution in [0.5, 0.6) is 0 Å². The second kappa shape index (κ2) is 6.81. The number of aromatic nitrogens is 2. The molecule has 138 valence electrons. The molecule has 2 saturated heterocycles. The molecule has 0 radical (unpaired) electrons. The van der Waals surface area contributed by atoms with Crippen LogP contribution in [0.3, 0.4) is 0 Å². The van der Waals surface area contributed by atoms with Crippen LogP contribution in [0.2, 0.25) is 0 Å². The highest BCUT2D eigenvalue weighted by atomic mass is 16.2. The first-order chi connectivity index (χ1) is 11.8. The molecular weight excluding hydrogens is 316 g/mol. The SMILES string of the molecule is CCn1ccnc1C1CCN(C(=O)[C@H]2CC(=O)N(C(C)(C)C)C2)CC1. The summed E-state index contributed by atoms with van der Waals surface area (Å²) in [5.74, 6) is 1.64. The van der Waals surface area contributed by atoms with Crippen LogP contribution in [0.1, 0.15) is 58.7 Å². The van der Waals surface area contributed by atoms with Crippen LogP contribution in [-0.4, -0.2) is 56.3 Å². The number of piperidine rings is 1. The molecular formula is C19H30N4O2. The van der Waals surface area contributed by atoms with Crippen molar-refractivity contribution in [2.24, 2.45) is 5.92 Å². The Labute approximate surface area is 150 Å². The Balaban J connectivity index is 1.58. The highest BCUT2D eigenvalue weighted by Gasteiger charge is 2.41. The van der Waals surface area contributed by atoms with Crippen LogP contribution < -0.4 is 0 Å². The number of imidazole rings is 1. The Morgan fingerprint density at radius 3 is 2.52 bits per heavy atom. The third-order valence-electron chi connectivity index (χ3n) is 5.54. The lowest BCUT2D eigenvalue weighted by atomic mass is 9.94. The number of amides is 2. The Morgan fingerprint density at radius 2 is 1.96 bits per heavy atom. The highest BCUT2D eigenvalue weighted by molar-refractivity contribution is 5.89. The lowest BCUT2D eigenvalue weighted by Gasteiger charge is -2.34. The number of aryl methyl sites for hydroxylation is 1. The van der Waals surface area contributed by atoms with Crippen LogP contribution in [0.4, 0.5) is 0 Å². The second-order valence-corrected chi connectivity index (χ2v) is 8.25. The van der Waals surface area contributed by atoms with E-state index in [9.17, 15) is 9.59 Å².